The van der Waals surface area contributed by atoms with E-state index < -0.39 is 0 Å². The van der Waals surface area contributed by atoms with E-state index in [0.29, 0.717) is 33.3 Å². The van der Waals surface area contributed by atoms with Gasteiger partial charge in [0, 0.05) is 29.2 Å². The van der Waals surface area contributed by atoms with Gasteiger partial charge in [-0.3, -0.25) is 9.89 Å². The van der Waals surface area contributed by atoms with Gasteiger partial charge in [-0.05, 0) is 37.6 Å². The van der Waals surface area contributed by atoms with Crippen molar-refractivity contribution < 1.29 is 4.79 Å². The van der Waals surface area contributed by atoms with Crippen molar-refractivity contribution in [3.63, 3.8) is 0 Å². The fraction of sp³-hybridized carbons (Fsp3) is 0.316. The maximum absolute atomic E-state index is 12.4. The number of hydrogen-bond donors (Lipinski definition) is 4. The Morgan fingerprint density at radius 1 is 1.29 bits per heavy atom. The second-order valence-electron chi connectivity index (χ2n) is 6.66. The molecule has 1 saturated heterocycles. The molecule has 0 atom stereocenters. The number of halogens is 1. The van der Waals surface area contributed by atoms with Gasteiger partial charge in [-0.15, -0.1) is 0 Å². The molecule has 1 aliphatic heterocycles. The lowest BCUT2D eigenvalue weighted by Crippen LogP contribution is -2.26. The first-order valence-corrected chi connectivity index (χ1v) is 10.4. The Kier molecular flexibility index (Phi) is 5.90. The van der Waals surface area contributed by atoms with E-state index in [1.54, 1.807) is 12.3 Å². The highest BCUT2D eigenvalue weighted by Gasteiger charge is 2.18. The van der Waals surface area contributed by atoms with Crippen molar-refractivity contribution in [2.75, 3.05) is 18.4 Å². The molecule has 2 aromatic heterocycles. The van der Waals surface area contributed by atoms with Crippen molar-refractivity contribution in [1.82, 2.24) is 25.8 Å². The predicted octanol–water partition coefficient (Wildman–Crippen LogP) is 3.66. The summed E-state index contributed by atoms with van der Waals surface area (Å²) >= 11 is 7.41. The molecular weight excluding hydrogens is 396 g/mol. The largest absolute Gasteiger partial charge is 0.347 e. The van der Waals surface area contributed by atoms with Gasteiger partial charge < -0.3 is 16.0 Å². The predicted molar refractivity (Wildman–Crippen MR) is 111 cm³/mol. The Labute approximate surface area is 171 Å². The van der Waals surface area contributed by atoms with Crippen LogP contribution in [0.15, 0.2) is 36.5 Å². The zero-order chi connectivity index (χ0) is 19.3. The first-order chi connectivity index (χ1) is 13.7. The van der Waals surface area contributed by atoms with Gasteiger partial charge >= 0.3 is 0 Å². The second kappa shape index (κ2) is 8.72. The summed E-state index contributed by atoms with van der Waals surface area (Å²) in [6, 6.07) is 9.47. The van der Waals surface area contributed by atoms with Gasteiger partial charge in [0.15, 0.2) is 10.9 Å². The molecule has 4 rings (SSSR count). The smallest absolute Gasteiger partial charge is 0.263 e. The number of carbonyl (C=O) groups is 1. The number of aromatic nitrogens is 3. The van der Waals surface area contributed by atoms with Gasteiger partial charge in [0.1, 0.15) is 4.88 Å². The van der Waals surface area contributed by atoms with E-state index in [2.05, 4.69) is 31.1 Å². The minimum atomic E-state index is -0.178. The average molecular weight is 417 g/mol. The number of aromatic amines is 1. The van der Waals surface area contributed by atoms with Crippen molar-refractivity contribution in [2.24, 2.45) is 0 Å². The normalized spacial score (nSPS) is 14.8. The Balaban J connectivity index is 1.34. The molecule has 0 unspecified atom stereocenters. The van der Waals surface area contributed by atoms with Crippen LogP contribution in [0.1, 0.15) is 39.7 Å². The van der Waals surface area contributed by atoms with Gasteiger partial charge in [0.2, 0.25) is 0 Å². The summed E-state index contributed by atoms with van der Waals surface area (Å²) in [5, 5.41) is 18.1. The van der Waals surface area contributed by atoms with Gasteiger partial charge in [0.05, 0.1) is 6.20 Å². The number of nitrogens with zero attached hydrogens (tertiary/aromatic N) is 2. The molecule has 9 heteroatoms. The topological polar surface area (TPSA) is 94.7 Å². The fourth-order valence-corrected chi connectivity index (χ4v) is 4.14. The van der Waals surface area contributed by atoms with Crippen LogP contribution < -0.4 is 16.0 Å². The van der Waals surface area contributed by atoms with Crippen LogP contribution in [0, 0.1) is 0 Å². The van der Waals surface area contributed by atoms with Crippen LogP contribution in [-0.2, 0) is 6.54 Å². The van der Waals surface area contributed by atoms with Crippen LogP contribution in [0.4, 0.5) is 10.9 Å². The molecule has 0 bridgehead atoms. The Bertz CT molecular complexity index is 949. The lowest BCUT2D eigenvalue weighted by molar-refractivity contribution is 0.0955. The summed E-state index contributed by atoms with van der Waals surface area (Å²) < 4.78 is 0. The quantitative estimate of drug-likeness (QED) is 0.492. The van der Waals surface area contributed by atoms with E-state index in [-0.39, 0.29) is 5.91 Å². The summed E-state index contributed by atoms with van der Waals surface area (Å²) in [5.74, 6) is 1.04. The number of hydrogen-bond acceptors (Lipinski definition) is 6. The van der Waals surface area contributed by atoms with Crippen molar-refractivity contribution >= 4 is 39.8 Å². The Morgan fingerprint density at radius 3 is 2.93 bits per heavy atom. The van der Waals surface area contributed by atoms with Crippen LogP contribution in [0.3, 0.4) is 0 Å². The van der Waals surface area contributed by atoms with Crippen molar-refractivity contribution in [3.8, 4) is 0 Å². The number of amides is 1. The van der Waals surface area contributed by atoms with Crippen molar-refractivity contribution in [3.05, 3.63) is 57.7 Å². The number of benzene rings is 1. The van der Waals surface area contributed by atoms with Crippen LogP contribution in [-0.4, -0.2) is 34.2 Å². The molecule has 1 aromatic carbocycles. The highest BCUT2D eigenvalue weighted by atomic mass is 35.5. The molecule has 1 amide bonds. The third-order valence-electron chi connectivity index (χ3n) is 4.74. The van der Waals surface area contributed by atoms with Crippen LogP contribution in [0.25, 0.3) is 0 Å². The molecule has 0 saturated carbocycles. The number of anilines is 2. The molecule has 146 valence electrons. The number of nitrogens with one attached hydrogen (secondary N) is 4. The summed E-state index contributed by atoms with van der Waals surface area (Å²) in [6.07, 6.45) is 3.78. The maximum Gasteiger partial charge on any atom is 0.263 e. The summed E-state index contributed by atoms with van der Waals surface area (Å²) in [4.78, 5) is 17.2. The third kappa shape index (κ3) is 4.52. The lowest BCUT2D eigenvalue weighted by Gasteiger charge is -2.20. The summed E-state index contributed by atoms with van der Waals surface area (Å²) in [5.41, 5.74) is 2.01. The van der Waals surface area contributed by atoms with Gasteiger partial charge in [-0.25, -0.2) is 4.98 Å². The monoisotopic (exact) mass is 416 g/mol. The molecule has 1 aliphatic rings. The van der Waals surface area contributed by atoms with Gasteiger partial charge in [-0.1, -0.05) is 41.1 Å². The Morgan fingerprint density at radius 2 is 2.11 bits per heavy atom. The van der Waals surface area contributed by atoms with Gasteiger partial charge in [0.25, 0.3) is 5.91 Å². The van der Waals surface area contributed by atoms with E-state index in [9.17, 15) is 4.79 Å². The number of thiazole rings is 1. The molecule has 0 radical (unpaired) electrons. The molecule has 1 fully saturated rings. The van der Waals surface area contributed by atoms with Crippen LogP contribution in [0.2, 0.25) is 5.02 Å². The summed E-state index contributed by atoms with van der Waals surface area (Å²) in [6.45, 7) is 2.44. The molecule has 0 aliphatic carbocycles. The molecular formula is C19H21ClN6OS. The van der Waals surface area contributed by atoms with Crippen molar-refractivity contribution in [1.29, 1.82) is 0 Å². The SMILES string of the molecule is O=C(NCc1ccccc1Cl)c1cnc(Nc2cc(C3CCNCC3)[nH]n2)s1. The first kappa shape index (κ1) is 18.9. The van der Waals surface area contributed by atoms with Crippen LogP contribution in [0.5, 0.6) is 0 Å². The van der Waals surface area contributed by atoms with E-state index >= 15 is 0 Å². The molecule has 3 aromatic rings. The first-order valence-electron chi connectivity index (χ1n) is 9.19. The lowest BCUT2D eigenvalue weighted by atomic mass is 9.95. The van der Waals surface area contributed by atoms with Crippen LogP contribution >= 0.6 is 22.9 Å². The highest BCUT2D eigenvalue weighted by Crippen LogP contribution is 2.27. The van der Waals surface area contributed by atoms with E-state index in [1.165, 1.54) is 11.3 Å². The fourth-order valence-electron chi connectivity index (χ4n) is 3.19. The molecule has 7 nitrogen and oxygen atoms in total. The standard InChI is InChI=1S/C19H21ClN6OS/c20-14-4-2-1-3-13(14)10-22-18(27)16-11-23-19(28-16)24-17-9-15(25-26-17)12-5-7-21-8-6-12/h1-4,9,11-12,21H,5-8,10H2,(H,22,27)(H2,23,24,25,26). The number of rotatable bonds is 6. The minimum absolute atomic E-state index is 0.178. The zero-order valence-corrected chi connectivity index (χ0v) is 16.7. The van der Waals surface area contributed by atoms with Gasteiger partial charge in [-0.2, -0.15) is 5.10 Å². The molecule has 28 heavy (non-hydrogen) atoms. The number of piperidine rings is 1. The van der Waals surface area contributed by atoms with E-state index in [4.69, 9.17) is 11.6 Å². The zero-order valence-electron chi connectivity index (χ0n) is 15.2. The van der Waals surface area contributed by atoms with Crippen molar-refractivity contribution in [2.45, 2.75) is 25.3 Å². The molecule has 3 heterocycles. The molecule has 0 spiro atoms. The maximum atomic E-state index is 12.4. The van der Waals surface area contributed by atoms with E-state index in [1.807, 2.05) is 24.3 Å². The summed E-state index contributed by atoms with van der Waals surface area (Å²) in [7, 11) is 0. The number of carbonyl (C=O) groups excluding carboxylic acids is 1. The van der Waals surface area contributed by atoms with E-state index in [0.717, 1.165) is 37.2 Å². The minimum Gasteiger partial charge on any atom is -0.347 e. The third-order valence-corrected chi connectivity index (χ3v) is 6.02. The second-order valence-corrected chi connectivity index (χ2v) is 8.10. The highest BCUT2D eigenvalue weighted by molar-refractivity contribution is 7.17. The number of H-pyrrole nitrogens is 1. The molecule has 4 N–H and O–H groups in total. The Hall–Kier alpha value is -2.42. The average Bonchev–Trinajstić information content (AvgIpc) is 3.38.